The smallest absolute Gasteiger partial charge is 0.253 e. The van der Waals surface area contributed by atoms with E-state index in [1.165, 1.54) is 10.5 Å². The van der Waals surface area contributed by atoms with Crippen LogP contribution in [0.25, 0.3) is 0 Å². The summed E-state index contributed by atoms with van der Waals surface area (Å²) in [6.07, 6.45) is 2.05. The maximum Gasteiger partial charge on any atom is 0.253 e. The molecule has 0 aromatic carbocycles. The highest BCUT2D eigenvalue weighted by Gasteiger charge is 2.22. The summed E-state index contributed by atoms with van der Waals surface area (Å²) < 4.78 is 25.7. The van der Waals surface area contributed by atoms with Crippen molar-refractivity contribution in [2.45, 2.75) is 10.6 Å². The summed E-state index contributed by atoms with van der Waals surface area (Å²) in [6.45, 7) is 1.25. The highest BCUT2D eigenvalue weighted by molar-refractivity contribution is 7.91. The molecule has 0 radical (unpaired) electrons. The second-order valence-corrected chi connectivity index (χ2v) is 7.10. The van der Waals surface area contributed by atoms with E-state index < -0.39 is 10.0 Å². The lowest BCUT2D eigenvalue weighted by Gasteiger charge is -2.15. The molecule has 0 unspecified atom stereocenters. The summed E-state index contributed by atoms with van der Waals surface area (Å²) in [5.41, 5.74) is 0. The first-order valence-electron chi connectivity index (χ1n) is 4.70. The van der Waals surface area contributed by atoms with Gasteiger partial charge in [-0.3, -0.25) is 0 Å². The Morgan fingerprint density at radius 3 is 2.81 bits per heavy atom. The van der Waals surface area contributed by atoms with Crippen molar-refractivity contribution < 1.29 is 8.42 Å². The van der Waals surface area contributed by atoms with E-state index in [9.17, 15) is 8.42 Å². The molecular formula is C8H14ClN3O2S2. The molecule has 0 aliphatic carbocycles. The van der Waals surface area contributed by atoms with E-state index in [1.54, 1.807) is 7.05 Å². The fourth-order valence-corrected chi connectivity index (χ4v) is 3.83. The molecule has 5 nitrogen and oxygen atoms in total. The van der Waals surface area contributed by atoms with E-state index in [4.69, 9.17) is 11.6 Å². The summed E-state index contributed by atoms with van der Waals surface area (Å²) in [5.74, 6) is 0. The SMILES string of the molecule is CNCCCN(C)S(=O)(=O)c1cnc(Cl)s1. The van der Waals surface area contributed by atoms with Gasteiger partial charge in [0.05, 0.1) is 6.20 Å². The lowest BCUT2D eigenvalue weighted by Crippen LogP contribution is -2.29. The third-order valence-electron chi connectivity index (χ3n) is 2.02. The number of halogens is 1. The monoisotopic (exact) mass is 283 g/mol. The molecule has 1 aromatic rings. The van der Waals surface area contributed by atoms with Gasteiger partial charge in [-0.25, -0.2) is 17.7 Å². The minimum absolute atomic E-state index is 0.185. The Morgan fingerprint density at radius 2 is 2.31 bits per heavy atom. The average Bonchev–Trinajstić information content (AvgIpc) is 2.65. The van der Waals surface area contributed by atoms with Gasteiger partial charge in [-0.1, -0.05) is 22.9 Å². The fourth-order valence-electron chi connectivity index (χ4n) is 1.11. The Bertz CT molecular complexity index is 432. The molecule has 8 heteroatoms. The molecule has 0 atom stereocenters. The standard InChI is InChI=1S/C8H14ClN3O2S2/c1-10-4-3-5-12(2)16(13,14)7-6-11-8(9)15-7/h6,10H,3-5H2,1-2H3. The largest absolute Gasteiger partial charge is 0.320 e. The molecule has 0 saturated heterocycles. The number of rotatable bonds is 6. The van der Waals surface area contributed by atoms with Crippen LogP contribution in [0.1, 0.15) is 6.42 Å². The predicted molar refractivity (Wildman–Crippen MR) is 65.5 cm³/mol. The van der Waals surface area contributed by atoms with Gasteiger partial charge in [0.25, 0.3) is 10.0 Å². The van der Waals surface area contributed by atoms with Crippen LogP contribution in [0.15, 0.2) is 10.4 Å². The summed E-state index contributed by atoms with van der Waals surface area (Å²) in [4.78, 5) is 3.73. The zero-order valence-electron chi connectivity index (χ0n) is 9.10. The van der Waals surface area contributed by atoms with Gasteiger partial charge in [0, 0.05) is 13.6 Å². The van der Waals surface area contributed by atoms with Crippen molar-refractivity contribution >= 4 is 33.0 Å². The van der Waals surface area contributed by atoms with E-state index in [0.29, 0.717) is 6.54 Å². The van der Waals surface area contributed by atoms with Crippen LogP contribution in [-0.4, -0.2) is 44.9 Å². The molecule has 0 aliphatic heterocycles. The van der Waals surface area contributed by atoms with E-state index in [0.717, 1.165) is 24.3 Å². The molecule has 1 N–H and O–H groups in total. The Balaban J connectivity index is 2.70. The van der Waals surface area contributed by atoms with Crippen molar-refractivity contribution in [3.63, 3.8) is 0 Å². The molecule has 0 aliphatic rings. The van der Waals surface area contributed by atoms with Gasteiger partial charge in [-0.15, -0.1) is 0 Å². The number of hydrogen-bond acceptors (Lipinski definition) is 5. The third-order valence-corrected chi connectivity index (χ3v) is 5.43. The predicted octanol–water partition coefficient (Wildman–Crippen LogP) is 1.03. The van der Waals surface area contributed by atoms with E-state index in [2.05, 4.69) is 10.3 Å². The molecular weight excluding hydrogens is 270 g/mol. The third kappa shape index (κ3) is 3.39. The van der Waals surface area contributed by atoms with Gasteiger partial charge in [0.1, 0.15) is 0 Å². The van der Waals surface area contributed by atoms with Crippen LogP contribution in [0.2, 0.25) is 4.47 Å². The molecule has 92 valence electrons. The number of nitrogens with zero attached hydrogens (tertiary/aromatic N) is 2. The molecule has 0 fully saturated rings. The highest BCUT2D eigenvalue weighted by atomic mass is 35.5. The number of nitrogens with one attached hydrogen (secondary N) is 1. The minimum atomic E-state index is -3.42. The van der Waals surface area contributed by atoms with Crippen LogP contribution >= 0.6 is 22.9 Å². The molecule has 16 heavy (non-hydrogen) atoms. The molecule has 0 bridgehead atoms. The van der Waals surface area contributed by atoms with Crippen LogP contribution in [0.3, 0.4) is 0 Å². The van der Waals surface area contributed by atoms with Gasteiger partial charge >= 0.3 is 0 Å². The van der Waals surface area contributed by atoms with E-state index in [-0.39, 0.29) is 8.68 Å². The van der Waals surface area contributed by atoms with Crippen LogP contribution < -0.4 is 5.32 Å². The Morgan fingerprint density at radius 1 is 1.62 bits per heavy atom. The maximum absolute atomic E-state index is 12.0. The van der Waals surface area contributed by atoms with Gasteiger partial charge in [-0.2, -0.15) is 0 Å². The number of aromatic nitrogens is 1. The van der Waals surface area contributed by atoms with Gasteiger partial charge in [0.15, 0.2) is 8.68 Å². The summed E-state index contributed by atoms with van der Waals surface area (Å²) in [7, 11) is -0.0365. The first-order chi connectivity index (χ1) is 7.48. The van der Waals surface area contributed by atoms with Crippen LogP contribution in [0, 0.1) is 0 Å². The summed E-state index contributed by atoms with van der Waals surface area (Å²) >= 11 is 6.58. The topological polar surface area (TPSA) is 62.3 Å². The zero-order chi connectivity index (χ0) is 12.2. The molecule has 1 aromatic heterocycles. The van der Waals surface area contributed by atoms with Crippen molar-refractivity contribution in [3.05, 3.63) is 10.7 Å². The lowest BCUT2D eigenvalue weighted by molar-refractivity contribution is 0.459. The van der Waals surface area contributed by atoms with Gasteiger partial charge in [-0.05, 0) is 20.0 Å². The van der Waals surface area contributed by atoms with Crippen molar-refractivity contribution in [2.75, 3.05) is 27.2 Å². The van der Waals surface area contributed by atoms with Gasteiger partial charge < -0.3 is 5.32 Å². The van der Waals surface area contributed by atoms with Crippen LogP contribution in [-0.2, 0) is 10.0 Å². The zero-order valence-corrected chi connectivity index (χ0v) is 11.5. The van der Waals surface area contributed by atoms with E-state index in [1.807, 2.05) is 7.05 Å². The second-order valence-electron chi connectivity index (χ2n) is 3.22. The average molecular weight is 284 g/mol. The molecule has 1 heterocycles. The highest BCUT2D eigenvalue weighted by Crippen LogP contribution is 2.24. The maximum atomic E-state index is 12.0. The number of hydrogen-bond donors (Lipinski definition) is 1. The Kier molecular flexibility index (Phi) is 5.13. The molecule has 0 spiro atoms. The van der Waals surface area contributed by atoms with Crippen molar-refractivity contribution in [1.82, 2.24) is 14.6 Å². The Labute approximate surface area is 104 Å². The first kappa shape index (κ1) is 13.9. The number of thiazole rings is 1. The summed E-state index contributed by atoms with van der Waals surface area (Å²) in [6, 6.07) is 0. The first-order valence-corrected chi connectivity index (χ1v) is 7.34. The molecule has 0 amide bonds. The normalized spacial score (nSPS) is 12.2. The van der Waals surface area contributed by atoms with Gasteiger partial charge in [0.2, 0.25) is 0 Å². The van der Waals surface area contributed by atoms with Crippen molar-refractivity contribution in [1.29, 1.82) is 0 Å². The van der Waals surface area contributed by atoms with Crippen LogP contribution in [0.4, 0.5) is 0 Å². The molecule has 1 rings (SSSR count). The lowest BCUT2D eigenvalue weighted by atomic mass is 10.4. The van der Waals surface area contributed by atoms with Crippen molar-refractivity contribution in [3.8, 4) is 0 Å². The quantitative estimate of drug-likeness (QED) is 0.792. The minimum Gasteiger partial charge on any atom is -0.320 e. The van der Waals surface area contributed by atoms with Crippen molar-refractivity contribution in [2.24, 2.45) is 0 Å². The summed E-state index contributed by atoms with van der Waals surface area (Å²) in [5, 5.41) is 2.97. The fraction of sp³-hybridized carbons (Fsp3) is 0.625. The Hall–Kier alpha value is -0.210. The van der Waals surface area contributed by atoms with E-state index >= 15 is 0 Å². The number of sulfonamides is 1. The molecule has 0 saturated carbocycles. The second kappa shape index (κ2) is 5.92. The van der Waals surface area contributed by atoms with Crippen LogP contribution in [0.5, 0.6) is 0 Å².